The number of aryl methyl sites for hydroxylation is 1. The molecule has 3 fully saturated rings. The van der Waals surface area contributed by atoms with Crippen LogP contribution >= 0.6 is 15.9 Å². The van der Waals surface area contributed by atoms with Crippen LogP contribution < -0.4 is 11.1 Å². The van der Waals surface area contributed by atoms with Crippen LogP contribution in [0.2, 0.25) is 0 Å². The summed E-state index contributed by atoms with van der Waals surface area (Å²) >= 11 is 3.41. The zero-order valence-electron chi connectivity index (χ0n) is 20.7. The van der Waals surface area contributed by atoms with E-state index in [1.165, 1.54) is 0 Å². The van der Waals surface area contributed by atoms with Gasteiger partial charge in [-0.1, -0.05) is 34.1 Å². The number of halogens is 5. The number of nitrogens with zero attached hydrogens (tertiary/aromatic N) is 1. The highest BCUT2D eigenvalue weighted by Gasteiger charge is 2.54. The highest BCUT2D eigenvalue weighted by atomic mass is 79.9. The van der Waals surface area contributed by atoms with Crippen LogP contribution in [0, 0.1) is 5.82 Å². The van der Waals surface area contributed by atoms with Crippen molar-refractivity contribution in [2.45, 2.75) is 87.1 Å². The monoisotopic (exact) mass is 595 g/mol. The summed E-state index contributed by atoms with van der Waals surface area (Å²) in [7, 11) is 0. The van der Waals surface area contributed by atoms with E-state index < -0.39 is 34.9 Å². The molecular formula is C28H30BrF4N3O2. The van der Waals surface area contributed by atoms with Crippen molar-refractivity contribution in [3.05, 3.63) is 69.4 Å². The van der Waals surface area contributed by atoms with Crippen molar-refractivity contribution in [3.8, 4) is 0 Å². The third-order valence-electron chi connectivity index (χ3n) is 8.26. The largest absolute Gasteiger partial charge is 0.416 e. The highest BCUT2D eigenvalue weighted by molar-refractivity contribution is 9.10. The van der Waals surface area contributed by atoms with Gasteiger partial charge in [-0.2, -0.15) is 13.2 Å². The van der Waals surface area contributed by atoms with E-state index in [-0.39, 0.29) is 29.6 Å². The van der Waals surface area contributed by atoms with Gasteiger partial charge in [0.15, 0.2) is 0 Å². The van der Waals surface area contributed by atoms with E-state index in [1.54, 1.807) is 0 Å². The first kappa shape index (κ1) is 27.1. The van der Waals surface area contributed by atoms with Gasteiger partial charge in [-0.3, -0.25) is 9.59 Å². The lowest BCUT2D eigenvalue weighted by atomic mass is 9.92. The van der Waals surface area contributed by atoms with E-state index in [0.29, 0.717) is 31.7 Å². The Morgan fingerprint density at radius 1 is 1.08 bits per heavy atom. The second-order valence-electron chi connectivity index (χ2n) is 10.8. The average Bonchev–Trinajstić information content (AvgIpc) is 3.61. The van der Waals surface area contributed by atoms with Gasteiger partial charge >= 0.3 is 6.18 Å². The second-order valence-corrected chi connectivity index (χ2v) is 11.7. The Kier molecular flexibility index (Phi) is 7.32. The van der Waals surface area contributed by atoms with Crippen molar-refractivity contribution < 1.29 is 27.2 Å². The summed E-state index contributed by atoms with van der Waals surface area (Å²) in [5.74, 6) is -1.75. The summed E-state index contributed by atoms with van der Waals surface area (Å²) in [6, 6.07) is 9.26. The number of fused-ring (bicyclic) bond motifs is 2. The third kappa shape index (κ3) is 5.34. The quantitative estimate of drug-likeness (QED) is 0.430. The Morgan fingerprint density at radius 3 is 2.26 bits per heavy atom. The van der Waals surface area contributed by atoms with Crippen LogP contribution in [0.4, 0.5) is 17.6 Å². The molecule has 2 unspecified atom stereocenters. The molecule has 3 atom stereocenters. The van der Waals surface area contributed by atoms with Crippen molar-refractivity contribution in [2.24, 2.45) is 5.73 Å². The molecule has 10 heteroatoms. The molecule has 1 saturated carbocycles. The molecule has 2 amide bonds. The van der Waals surface area contributed by atoms with Gasteiger partial charge in [0.05, 0.1) is 11.0 Å². The van der Waals surface area contributed by atoms with Gasteiger partial charge in [-0.15, -0.1) is 0 Å². The molecule has 2 aromatic carbocycles. The minimum Gasteiger partial charge on any atom is -0.344 e. The first-order valence-electron chi connectivity index (χ1n) is 13.0. The maximum atomic E-state index is 14.8. The number of nitrogens with one attached hydrogen (secondary N) is 1. The fourth-order valence-electron chi connectivity index (χ4n) is 6.10. The molecule has 2 saturated heterocycles. The maximum absolute atomic E-state index is 14.8. The highest BCUT2D eigenvalue weighted by Crippen LogP contribution is 2.50. The van der Waals surface area contributed by atoms with Crippen LogP contribution in [0.3, 0.4) is 0 Å². The minimum atomic E-state index is -4.68. The molecule has 204 valence electrons. The van der Waals surface area contributed by atoms with Gasteiger partial charge in [-0.25, -0.2) is 4.39 Å². The number of alkyl halides is 3. The van der Waals surface area contributed by atoms with E-state index in [2.05, 4.69) is 21.2 Å². The number of benzene rings is 2. The molecule has 3 N–H and O–H groups in total. The van der Waals surface area contributed by atoms with Gasteiger partial charge in [0.1, 0.15) is 11.9 Å². The Morgan fingerprint density at radius 2 is 1.71 bits per heavy atom. The number of nitrogens with two attached hydrogens (primary N) is 1. The molecule has 3 aliphatic rings. The second kappa shape index (κ2) is 10.3. The van der Waals surface area contributed by atoms with Crippen molar-refractivity contribution in [2.75, 3.05) is 0 Å². The van der Waals surface area contributed by atoms with Crippen LogP contribution in [-0.4, -0.2) is 40.9 Å². The van der Waals surface area contributed by atoms with Gasteiger partial charge in [0.25, 0.3) is 0 Å². The average molecular weight is 596 g/mol. The smallest absolute Gasteiger partial charge is 0.344 e. The topological polar surface area (TPSA) is 75.4 Å². The van der Waals surface area contributed by atoms with Gasteiger partial charge < -0.3 is 16.0 Å². The number of carbonyl (C=O) groups is 2. The van der Waals surface area contributed by atoms with E-state index in [1.807, 2.05) is 29.2 Å². The summed E-state index contributed by atoms with van der Waals surface area (Å²) < 4.78 is 54.9. The number of piperidine rings is 1. The van der Waals surface area contributed by atoms with E-state index >= 15 is 0 Å². The normalized spacial score (nSPS) is 24.7. The van der Waals surface area contributed by atoms with Crippen molar-refractivity contribution in [3.63, 3.8) is 0 Å². The first-order valence-corrected chi connectivity index (χ1v) is 13.8. The zero-order valence-corrected chi connectivity index (χ0v) is 22.3. The summed E-state index contributed by atoms with van der Waals surface area (Å²) in [4.78, 5) is 29.3. The lowest BCUT2D eigenvalue weighted by Gasteiger charge is -2.40. The summed E-state index contributed by atoms with van der Waals surface area (Å²) in [6.07, 6.45) is -0.00653. The van der Waals surface area contributed by atoms with Crippen LogP contribution in [0.5, 0.6) is 0 Å². The number of hydrogen-bond donors (Lipinski definition) is 2. The molecular weight excluding hydrogens is 566 g/mol. The molecule has 0 radical (unpaired) electrons. The number of amides is 2. The molecule has 2 aromatic rings. The molecule has 5 rings (SSSR count). The molecule has 2 heterocycles. The molecule has 0 spiro atoms. The lowest BCUT2D eigenvalue weighted by molar-refractivity contribution is -0.141. The first-order chi connectivity index (χ1) is 18.0. The van der Waals surface area contributed by atoms with Crippen molar-refractivity contribution >= 4 is 27.7 Å². The van der Waals surface area contributed by atoms with Crippen molar-refractivity contribution in [1.82, 2.24) is 10.2 Å². The predicted octanol–water partition coefficient (Wildman–Crippen LogP) is 5.24. The maximum Gasteiger partial charge on any atom is 0.416 e. The molecule has 38 heavy (non-hydrogen) atoms. The van der Waals surface area contributed by atoms with Gasteiger partial charge in [0.2, 0.25) is 11.8 Å². The lowest BCUT2D eigenvalue weighted by Crippen LogP contribution is -2.57. The third-order valence-corrected chi connectivity index (χ3v) is 8.79. The Bertz CT molecular complexity index is 1200. The molecule has 0 aromatic heterocycles. The van der Waals surface area contributed by atoms with Crippen LogP contribution in [-0.2, 0) is 27.6 Å². The number of hydrogen-bond acceptors (Lipinski definition) is 3. The Hall–Kier alpha value is -2.46. The molecule has 1 aliphatic carbocycles. The van der Waals surface area contributed by atoms with Gasteiger partial charge in [-0.05, 0) is 81.2 Å². The van der Waals surface area contributed by atoms with Crippen molar-refractivity contribution in [1.29, 1.82) is 0 Å². The standard InChI is InChI=1S/C28H30BrF4N3O2/c29-18-5-1-16(2-6-18)3-10-24(25(37)36-20-7-8-21(36)15-19(34)14-20)35-26(38)27(11-12-27)22-9-4-17(13-23(22)30)28(31,32)33/h1-2,4-6,9,13,19-21,24H,3,7-8,10-12,14-15,34H2,(H,35,38)/t19?,20?,21?,24-/m0/s1. The fraction of sp³-hybridized carbons (Fsp3) is 0.500. The Labute approximate surface area is 227 Å². The van der Waals surface area contributed by atoms with E-state index in [9.17, 15) is 27.2 Å². The fourth-order valence-corrected chi connectivity index (χ4v) is 6.36. The summed E-state index contributed by atoms with van der Waals surface area (Å²) in [5.41, 5.74) is 4.75. The molecule has 5 nitrogen and oxygen atoms in total. The van der Waals surface area contributed by atoms with Crippen LogP contribution in [0.15, 0.2) is 46.9 Å². The summed E-state index contributed by atoms with van der Waals surface area (Å²) in [5, 5.41) is 2.89. The zero-order chi connectivity index (χ0) is 27.2. The Balaban J connectivity index is 1.37. The SMILES string of the molecule is NC1CC2CCC(C1)N2C(=O)[C@H](CCc1ccc(Br)cc1)NC(=O)C1(c2ccc(C(F)(F)F)cc2F)CC1. The van der Waals surface area contributed by atoms with Gasteiger partial charge in [0, 0.05) is 28.2 Å². The summed E-state index contributed by atoms with van der Waals surface area (Å²) in [6.45, 7) is 0. The van der Waals surface area contributed by atoms with E-state index in [4.69, 9.17) is 5.73 Å². The number of carbonyl (C=O) groups excluding carboxylic acids is 2. The van der Waals surface area contributed by atoms with E-state index in [0.717, 1.165) is 47.9 Å². The van der Waals surface area contributed by atoms with Crippen LogP contribution in [0.25, 0.3) is 0 Å². The minimum absolute atomic E-state index is 0.0329. The molecule has 2 aliphatic heterocycles. The predicted molar refractivity (Wildman–Crippen MR) is 138 cm³/mol. The number of rotatable bonds is 7. The van der Waals surface area contributed by atoms with Crippen LogP contribution in [0.1, 0.15) is 61.6 Å². The molecule has 2 bridgehead atoms.